The first-order chi connectivity index (χ1) is 8.22. The van der Waals surface area contributed by atoms with Crippen LogP contribution in [0.5, 0.6) is 11.5 Å². The number of fused-ring (bicyclic) bond motifs is 1. The predicted molar refractivity (Wildman–Crippen MR) is 63.6 cm³/mol. The summed E-state index contributed by atoms with van der Waals surface area (Å²) in [6.07, 6.45) is 0.866. The van der Waals surface area contributed by atoms with Crippen molar-refractivity contribution in [2.75, 3.05) is 20.5 Å². The zero-order valence-corrected chi connectivity index (χ0v) is 10.4. The van der Waals surface area contributed by atoms with Crippen LogP contribution in [0, 0.1) is 0 Å². The van der Waals surface area contributed by atoms with E-state index in [-0.39, 0.29) is 6.79 Å². The first kappa shape index (κ1) is 12.5. The maximum absolute atomic E-state index is 9.99. The second-order valence-electron chi connectivity index (χ2n) is 3.89. The Kier molecular flexibility index (Phi) is 4.10. The van der Waals surface area contributed by atoms with Gasteiger partial charge in [-0.1, -0.05) is 11.6 Å². The van der Waals surface area contributed by atoms with Crippen LogP contribution in [-0.4, -0.2) is 25.6 Å². The van der Waals surface area contributed by atoms with E-state index in [1.807, 2.05) is 0 Å². The van der Waals surface area contributed by atoms with Gasteiger partial charge in [0.05, 0.1) is 11.1 Å². The summed E-state index contributed by atoms with van der Waals surface area (Å²) in [6.45, 7) is 0.813. The highest BCUT2D eigenvalue weighted by molar-refractivity contribution is 6.32. The summed E-state index contributed by atoms with van der Waals surface area (Å²) < 4.78 is 15.4. The van der Waals surface area contributed by atoms with Crippen LogP contribution in [0.2, 0.25) is 5.02 Å². The van der Waals surface area contributed by atoms with Gasteiger partial charge in [-0.05, 0) is 30.5 Å². The summed E-state index contributed by atoms with van der Waals surface area (Å²) in [5.74, 6) is 1.15. The lowest BCUT2D eigenvalue weighted by atomic mass is 10.0. The van der Waals surface area contributed by atoms with E-state index in [0.29, 0.717) is 29.5 Å². The van der Waals surface area contributed by atoms with Crippen LogP contribution in [0.1, 0.15) is 24.5 Å². The van der Waals surface area contributed by atoms with E-state index in [0.717, 1.165) is 12.0 Å². The highest BCUT2D eigenvalue weighted by Crippen LogP contribution is 2.41. The maximum Gasteiger partial charge on any atom is 0.231 e. The summed E-state index contributed by atoms with van der Waals surface area (Å²) in [7, 11) is 1.64. The van der Waals surface area contributed by atoms with E-state index < -0.39 is 6.10 Å². The highest BCUT2D eigenvalue weighted by atomic mass is 35.5. The molecule has 0 radical (unpaired) electrons. The van der Waals surface area contributed by atoms with Gasteiger partial charge in [-0.3, -0.25) is 0 Å². The largest absolute Gasteiger partial charge is 0.454 e. The average Bonchev–Trinajstić information content (AvgIpc) is 2.77. The Balaban J connectivity index is 2.08. The number of rotatable bonds is 5. The summed E-state index contributed by atoms with van der Waals surface area (Å²) in [5.41, 5.74) is 0.746. The van der Waals surface area contributed by atoms with Gasteiger partial charge in [0.25, 0.3) is 0 Å². The van der Waals surface area contributed by atoms with Crippen LogP contribution in [0.15, 0.2) is 12.1 Å². The molecule has 0 saturated heterocycles. The number of aliphatic hydroxyl groups is 1. The minimum absolute atomic E-state index is 0.179. The Morgan fingerprint density at radius 2 is 2.29 bits per heavy atom. The molecule has 0 saturated carbocycles. The Bertz CT molecular complexity index is 394. The van der Waals surface area contributed by atoms with Crippen molar-refractivity contribution in [3.8, 4) is 11.5 Å². The molecule has 0 bridgehead atoms. The molecule has 4 nitrogen and oxygen atoms in total. The number of halogens is 1. The predicted octanol–water partition coefficient (Wildman–Crippen LogP) is 2.53. The molecular formula is C12H15ClO4. The van der Waals surface area contributed by atoms with Crippen molar-refractivity contribution in [1.29, 1.82) is 0 Å². The van der Waals surface area contributed by atoms with Gasteiger partial charge in [0, 0.05) is 13.7 Å². The zero-order chi connectivity index (χ0) is 12.3. The second-order valence-corrected chi connectivity index (χ2v) is 4.29. The molecular weight excluding hydrogens is 244 g/mol. The molecule has 1 aromatic rings. The number of aliphatic hydroxyl groups excluding tert-OH is 1. The number of hydrogen-bond donors (Lipinski definition) is 1. The van der Waals surface area contributed by atoms with E-state index in [4.69, 9.17) is 25.8 Å². The van der Waals surface area contributed by atoms with Gasteiger partial charge < -0.3 is 19.3 Å². The molecule has 1 aliphatic rings. The topological polar surface area (TPSA) is 47.9 Å². The summed E-state index contributed by atoms with van der Waals surface area (Å²) in [6, 6.07) is 3.48. The molecule has 0 aliphatic carbocycles. The van der Waals surface area contributed by atoms with Crippen molar-refractivity contribution >= 4 is 11.6 Å². The van der Waals surface area contributed by atoms with Crippen LogP contribution in [-0.2, 0) is 4.74 Å². The summed E-state index contributed by atoms with van der Waals surface area (Å²) in [4.78, 5) is 0. The standard InChI is InChI=1S/C12H15ClO4/c1-15-4-2-3-10(14)8-5-9(13)12-11(6-8)16-7-17-12/h5-6,10,14H,2-4,7H2,1H3. The smallest absolute Gasteiger partial charge is 0.231 e. The van der Waals surface area contributed by atoms with Gasteiger partial charge in [0.2, 0.25) is 6.79 Å². The third-order valence-electron chi connectivity index (χ3n) is 2.66. The van der Waals surface area contributed by atoms with Gasteiger partial charge in [-0.2, -0.15) is 0 Å². The van der Waals surface area contributed by atoms with Crippen molar-refractivity contribution in [2.24, 2.45) is 0 Å². The number of methoxy groups -OCH3 is 1. The van der Waals surface area contributed by atoms with Crippen molar-refractivity contribution < 1.29 is 19.3 Å². The Morgan fingerprint density at radius 1 is 1.47 bits per heavy atom. The van der Waals surface area contributed by atoms with E-state index in [2.05, 4.69) is 0 Å². The number of ether oxygens (including phenoxy) is 3. The van der Waals surface area contributed by atoms with Crippen molar-refractivity contribution in [3.63, 3.8) is 0 Å². The monoisotopic (exact) mass is 258 g/mol. The maximum atomic E-state index is 9.99. The number of hydrogen-bond acceptors (Lipinski definition) is 4. The zero-order valence-electron chi connectivity index (χ0n) is 9.61. The fourth-order valence-electron chi connectivity index (χ4n) is 1.77. The second kappa shape index (κ2) is 5.58. The molecule has 1 aromatic carbocycles. The van der Waals surface area contributed by atoms with Gasteiger partial charge >= 0.3 is 0 Å². The molecule has 1 unspecified atom stereocenters. The SMILES string of the molecule is COCCCC(O)c1cc(Cl)c2c(c1)OCO2. The minimum atomic E-state index is -0.558. The molecule has 1 heterocycles. The van der Waals surface area contributed by atoms with E-state index >= 15 is 0 Å². The molecule has 1 atom stereocenters. The summed E-state index contributed by atoms with van der Waals surface area (Å²) >= 11 is 6.04. The molecule has 17 heavy (non-hydrogen) atoms. The fourth-order valence-corrected chi connectivity index (χ4v) is 2.04. The minimum Gasteiger partial charge on any atom is -0.454 e. The Hall–Kier alpha value is -0.970. The average molecular weight is 259 g/mol. The lowest BCUT2D eigenvalue weighted by Crippen LogP contribution is -2.00. The molecule has 0 aromatic heterocycles. The molecule has 1 N–H and O–H groups in total. The van der Waals surface area contributed by atoms with E-state index in [1.165, 1.54) is 0 Å². The molecule has 5 heteroatoms. The van der Waals surface area contributed by atoms with Crippen LogP contribution in [0.4, 0.5) is 0 Å². The van der Waals surface area contributed by atoms with Crippen molar-refractivity contribution in [1.82, 2.24) is 0 Å². The van der Waals surface area contributed by atoms with Crippen LogP contribution >= 0.6 is 11.6 Å². The fraction of sp³-hybridized carbons (Fsp3) is 0.500. The Morgan fingerprint density at radius 3 is 3.06 bits per heavy atom. The molecule has 0 amide bonds. The molecule has 0 spiro atoms. The third kappa shape index (κ3) is 2.83. The normalized spacial score (nSPS) is 15.0. The highest BCUT2D eigenvalue weighted by Gasteiger charge is 2.20. The quantitative estimate of drug-likeness (QED) is 0.825. The van der Waals surface area contributed by atoms with Crippen LogP contribution in [0.25, 0.3) is 0 Å². The van der Waals surface area contributed by atoms with Crippen molar-refractivity contribution in [2.45, 2.75) is 18.9 Å². The molecule has 0 fully saturated rings. The lowest BCUT2D eigenvalue weighted by molar-refractivity contribution is 0.136. The molecule has 94 valence electrons. The van der Waals surface area contributed by atoms with Gasteiger partial charge in [-0.15, -0.1) is 0 Å². The van der Waals surface area contributed by atoms with Crippen LogP contribution in [0.3, 0.4) is 0 Å². The molecule has 1 aliphatic heterocycles. The summed E-state index contributed by atoms with van der Waals surface area (Å²) in [5, 5.41) is 10.5. The van der Waals surface area contributed by atoms with Crippen LogP contribution < -0.4 is 9.47 Å². The lowest BCUT2D eigenvalue weighted by Gasteiger charge is -2.12. The van der Waals surface area contributed by atoms with Gasteiger partial charge in [0.15, 0.2) is 11.5 Å². The van der Waals surface area contributed by atoms with E-state index in [1.54, 1.807) is 19.2 Å². The first-order valence-electron chi connectivity index (χ1n) is 5.48. The van der Waals surface area contributed by atoms with Gasteiger partial charge in [-0.25, -0.2) is 0 Å². The van der Waals surface area contributed by atoms with Gasteiger partial charge in [0.1, 0.15) is 0 Å². The number of benzene rings is 1. The third-order valence-corrected chi connectivity index (χ3v) is 2.94. The Labute approximate surface area is 105 Å². The first-order valence-corrected chi connectivity index (χ1v) is 5.86. The van der Waals surface area contributed by atoms with E-state index in [9.17, 15) is 5.11 Å². The molecule has 2 rings (SSSR count). The van der Waals surface area contributed by atoms with Crippen molar-refractivity contribution in [3.05, 3.63) is 22.7 Å².